The van der Waals surface area contributed by atoms with Gasteiger partial charge in [-0.05, 0) is 36.0 Å². The van der Waals surface area contributed by atoms with Crippen LogP contribution in [-0.2, 0) is 9.53 Å². The largest absolute Gasteiger partial charge is 0.464 e. The van der Waals surface area contributed by atoms with Crippen LogP contribution in [0, 0.1) is 6.92 Å². The highest BCUT2D eigenvalue weighted by atomic mass is 32.1. The molecule has 1 aliphatic heterocycles. The van der Waals surface area contributed by atoms with Crippen molar-refractivity contribution in [2.45, 2.75) is 25.6 Å². The Bertz CT molecular complexity index is 999. The van der Waals surface area contributed by atoms with Crippen molar-refractivity contribution in [1.82, 2.24) is 20.4 Å². The molecule has 0 unspecified atom stereocenters. The number of methoxy groups -OCH3 is 1. The molecule has 1 saturated heterocycles. The molecule has 0 spiro atoms. The van der Waals surface area contributed by atoms with Crippen LogP contribution in [0.1, 0.15) is 23.7 Å². The van der Waals surface area contributed by atoms with Crippen LogP contribution in [0.4, 0.5) is 10.9 Å². The maximum Gasteiger partial charge on any atom is 0.296 e. The zero-order valence-electron chi connectivity index (χ0n) is 16.7. The van der Waals surface area contributed by atoms with Crippen molar-refractivity contribution in [2.75, 3.05) is 30.4 Å². The van der Waals surface area contributed by atoms with E-state index in [4.69, 9.17) is 9.47 Å². The Hall–Kier alpha value is -3.11. The number of aryl methyl sites for hydroxylation is 1. The first-order valence-corrected chi connectivity index (χ1v) is 10.4. The van der Waals surface area contributed by atoms with E-state index in [0.717, 1.165) is 29.9 Å². The number of nitrogens with zero attached hydrogens (tertiary/aromatic N) is 5. The van der Waals surface area contributed by atoms with E-state index in [1.807, 2.05) is 43.3 Å². The van der Waals surface area contributed by atoms with E-state index in [1.54, 1.807) is 6.20 Å². The maximum atomic E-state index is 12.7. The van der Waals surface area contributed by atoms with Crippen LogP contribution < -0.4 is 15.0 Å². The van der Waals surface area contributed by atoms with E-state index >= 15 is 0 Å². The van der Waals surface area contributed by atoms with E-state index < -0.39 is 6.10 Å². The maximum absolute atomic E-state index is 12.7. The van der Waals surface area contributed by atoms with E-state index in [1.165, 1.54) is 18.4 Å². The zero-order chi connectivity index (χ0) is 20.9. The summed E-state index contributed by atoms with van der Waals surface area (Å²) in [4.78, 5) is 14.8. The van der Waals surface area contributed by atoms with Crippen molar-refractivity contribution < 1.29 is 14.3 Å². The number of aromatic nitrogens is 4. The molecule has 9 nitrogen and oxygen atoms in total. The molecule has 1 aromatic carbocycles. The molecule has 1 aliphatic rings. The van der Waals surface area contributed by atoms with Crippen molar-refractivity contribution in [2.24, 2.45) is 0 Å². The highest BCUT2D eigenvalue weighted by Crippen LogP contribution is 2.28. The lowest BCUT2D eigenvalue weighted by molar-refractivity contribution is -0.126. The van der Waals surface area contributed by atoms with E-state index in [-0.39, 0.29) is 12.0 Å². The van der Waals surface area contributed by atoms with Gasteiger partial charge in [0.25, 0.3) is 11.1 Å². The summed E-state index contributed by atoms with van der Waals surface area (Å²) in [6.07, 6.45) is 1.74. The fourth-order valence-electron chi connectivity index (χ4n) is 3.34. The lowest BCUT2D eigenvalue weighted by Gasteiger charge is -2.16. The number of hydrogen-bond acceptors (Lipinski definition) is 9. The normalized spacial score (nSPS) is 17.0. The quantitative estimate of drug-likeness (QED) is 0.615. The Morgan fingerprint density at radius 3 is 2.93 bits per heavy atom. The third kappa shape index (κ3) is 4.71. The number of amides is 1. The number of anilines is 2. The second-order valence-electron chi connectivity index (χ2n) is 6.95. The summed E-state index contributed by atoms with van der Waals surface area (Å²) in [7, 11) is 1.50. The summed E-state index contributed by atoms with van der Waals surface area (Å²) < 4.78 is 11.3. The molecule has 4 rings (SSSR count). The number of hydrogen-bond donors (Lipinski definition) is 1. The predicted octanol–water partition coefficient (Wildman–Crippen LogP) is 2.62. The molecule has 0 saturated carbocycles. The van der Waals surface area contributed by atoms with Gasteiger partial charge in [-0.2, -0.15) is 5.10 Å². The van der Waals surface area contributed by atoms with Crippen LogP contribution >= 0.6 is 11.3 Å². The molecule has 2 atom stereocenters. The number of nitrogens with one attached hydrogen (secondary N) is 1. The van der Waals surface area contributed by atoms with Crippen molar-refractivity contribution in [3.63, 3.8) is 0 Å². The van der Waals surface area contributed by atoms with Crippen molar-refractivity contribution in [3.8, 4) is 5.19 Å². The molecule has 0 aliphatic carbocycles. The van der Waals surface area contributed by atoms with Gasteiger partial charge in [0.1, 0.15) is 6.10 Å². The minimum Gasteiger partial charge on any atom is -0.464 e. The topological polar surface area (TPSA) is 102 Å². The summed E-state index contributed by atoms with van der Waals surface area (Å²) in [5.41, 5.74) is 1.84. The van der Waals surface area contributed by atoms with Gasteiger partial charge in [0.15, 0.2) is 11.9 Å². The molecule has 1 N–H and O–H groups in total. The number of carbonyl (C=O) groups is 1. The Labute approximate surface area is 178 Å². The van der Waals surface area contributed by atoms with Gasteiger partial charge in [-0.15, -0.1) is 10.2 Å². The number of rotatable bonds is 7. The zero-order valence-corrected chi connectivity index (χ0v) is 17.5. The highest BCUT2D eigenvalue weighted by molar-refractivity contribution is 7.17. The number of benzene rings is 1. The summed E-state index contributed by atoms with van der Waals surface area (Å²) in [6.45, 7) is 3.49. The molecule has 10 heteroatoms. The van der Waals surface area contributed by atoms with Gasteiger partial charge >= 0.3 is 0 Å². The molecule has 1 fully saturated rings. The molecule has 0 bridgehead atoms. The molecular formula is C20H22N6O3S. The number of ether oxygens (including phenoxy) is 2. The molecule has 2 aromatic heterocycles. The van der Waals surface area contributed by atoms with Crippen LogP contribution in [0.2, 0.25) is 0 Å². The van der Waals surface area contributed by atoms with Crippen molar-refractivity contribution >= 4 is 28.2 Å². The second kappa shape index (κ2) is 9.14. The molecule has 156 valence electrons. The minimum atomic E-state index is -0.728. The Kier molecular flexibility index (Phi) is 6.15. The molecule has 30 heavy (non-hydrogen) atoms. The average Bonchev–Trinajstić information content (AvgIpc) is 3.39. The van der Waals surface area contributed by atoms with Crippen LogP contribution in [0.25, 0.3) is 0 Å². The van der Waals surface area contributed by atoms with Gasteiger partial charge in [0, 0.05) is 26.3 Å². The molecule has 3 aromatic rings. The SMILES string of the molecule is CO[C@H](C(=O)Nc1nnc(O[C@@H]2CCN(c3cccnn3)C2)s1)c1cccc(C)c1. The lowest BCUT2D eigenvalue weighted by atomic mass is 10.1. The van der Waals surface area contributed by atoms with Gasteiger partial charge < -0.3 is 14.4 Å². The van der Waals surface area contributed by atoms with Gasteiger partial charge in [0.05, 0.1) is 6.54 Å². The Balaban J connectivity index is 1.34. The van der Waals surface area contributed by atoms with Gasteiger partial charge in [-0.25, -0.2) is 0 Å². The van der Waals surface area contributed by atoms with Crippen LogP contribution in [0.3, 0.4) is 0 Å². The molecule has 1 amide bonds. The standard InChI is InChI=1S/C20H22N6O3S/c1-13-5-3-6-14(11-13)17(28-2)18(27)22-19-24-25-20(30-19)29-15-8-10-26(12-15)16-7-4-9-21-23-16/h3-7,9,11,15,17H,8,10,12H2,1-2H3,(H,22,24,27)/t15-,17+/m1/s1. The highest BCUT2D eigenvalue weighted by Gasteiger charge is 2.27. The van der Waals surface area contributed by atoms with Crippen LogP contribution in [0.15, 0.2) is 42.6 Å². The van der Waals surface area contributed by atoms with Gasteiger partial charge in [0.2, 0.25) is 5.13 Å². The summed E-state index contributed by atoms with van der Waals surface area (Å²) in [5.74, 6) is 0.524. The van der Waals surface area contributed by atoms with Crippen LogP contribution in [0.5, 0.6) is 5.19 Å². The van der Waals surface area contributed by atoms with Crippen LogP contribution in [-0.4, -0.2) is 52.6 Å². The monoisotopic (exact) mass is 426 g/mol. The van der Waals surface area contributed by atoms with E-state index in [0.29, 0.717) is 16.9 Å². The van der Waals surface area contributed by atoms with E-state index in [2.05, 4.69) is 30.6 Å². The fourth-order valence-corrected chi connectivity index (χ4v) is 4.01. The first-order chi connectivity index (χ1) is 14.6. The Morgan fingerprint density at radius 1 is 1.27 bits per heavy atom. The third-order valence-electron chi connectivity index (χ3n) is 4.75. The lowest BCUT2D eigenvalue weighted by Crippen LogP contribution is -2.25. The van der Waals surface area contributed by atoms with Crippen molar-refractivity contribution in [3.05, 3.63) is 53.7 Å². The summed E-state index contributed by atoms with van der Waals surface area (Å²) >= 11 is 1.19. The average molecular weight is 427 g/mol. The minimum absolute atomic E-state index is 0.0254. The predicted molar refractivity (Wildman–Crippen MR) is 113 cm³/mol. The smallest absolute Gasteiger partial charge is 0.296 e. The van der Waals surface area contributed by atoms with Gasteiger partial charge in [-0.3, -0.25) is 10.1 Å². The summed E-state index contributed by atoms with van der Waals surface area (Å²) in [5, 5.41) is 19.7. The third-order valence-corrected chi connectivity index (χ3v) is 5.48. The van der Waals surface area contributed by atoms with Gasteiger partial charge in [-0.1, -0.05) is 34.9 Å². The number of carbonyl (C=O) groups excluding carboxylic acids is 1. The molecule has 3 heterocycles. The second-order valence-corrected chi connectivity index (χ2v) is 7.89. The first kappa shape index (κ1) is 20.2. The van der Waals surface area contributed by atoms with E-state index in [9.17, 15) is 4.79 Å². The van der Waals surface area contributed by atoms with Crippen molar-refractivity contribution in [1.29, 1.82) is 0 Å². The first-order valence-electron chi connectivity index (χ1n) is 9.55. The molecular weight excluding hydrogens is 404 g/mol. The molecule has 0 radical (unpaired) electrons. The summed E-state index contributed by atoms with van der Waals surface area (Å²) in [6, 6.07) is 11.4. The Morgan fingerprint density at radius 2 is 2.17 bits per heavy atom. The fraction of sp³-hybridized carbons (Fsp3) is 0.350.